The van der Waals surface area contributed by atoms with Gasteiger partial charge in [0.1, 0.15) is 11.6 Å². The highest BCUT2D eigenvalue weighted by atomic mass is 19.1. The Hall–Kier alpha value is -1.58. The highest BCUT2D eigenvalue weighted by Crippen LogP contribution is 2.42. The number of hydrogen-bond donors (Lipinski definition) is 1. The smallest absolute Gasteiger partial charge is 0.306 e. The standard InChI is InChI=1S/C14H17FO3/c1-2-18-13-6-5-11(15)7-10(13)4-3-9-8-12(9)14(16)17/h5-7,9,12H,2-4,8H2,1H3,(H,16,17). The van der Waals surface area contributed by atoms with Crippen LogP contribution in [0.2, 0.25) is 0 Å². The second kappa shape index (κ2) is 5.38. The summed E-state index contributed by atoms with van der Waals surface area (Å²) in [5, 5.41) is 8.82. The number of aryl methyl sites for hydroxylation is 1. The van der Waals surface area contributed by atoms with E-state index in [9.17, 15) is 9.18 Å². The SMILES string of the molecule is CCOc1ccc(F)cc1CCC1CC1C(=O)O. The molecule has 1 aromatic carbocycles. The summed E-state index contributed by atoms with van der Waals surface area (Å²) in [4.78, 5) is 10.7. The maximum Gasteiger partial charge on any atom is 0.306 e. The van der Waals surface area contributed by atoms with Gasteiger partial charge in [-0.2, -0.15) is 0 Å². The first-order valence-electron chi connectivity index (χ1n) is 6.25. The van der Waals surface area contributed by atoms with E-state index in [2.05, 4.69) is 0 Å². The van der Waals surface area contributed by atoms with Crippen LogP contribution >= 0.6 is 0 Å². The fourth-order valence-electron chi connectivity index (χ4n) is 2.25. The van der Waals surface area contributed by atoms with Gasteiger partial charge in [0.25, 0.3) is 0 Å². The van der Waals surface area contributed by atoms with E-state index in [0.717, 1.165) is 18.4 Å². The molecule has 0 spiro atoms. The molecule has 1 fully saturated rings. The van der Waals surface area contributed by atoms with Gasteiger partial charge in [-0.15, -0.1) is 0 Å². The number of halogens is 1. The Bertz CT molecular complexity index is 445. The van der Waals surface area contributed by atoms with Gasteiger partial charge in [-0.3, -0.25) is 4.79 Å². The van der Waals surface area contributed by atoms with Gasteiger partial charge < -0.3 is 9.84 Å². The van der Waals surface area contributed by atoms with Crippen molar-refractivity contribution in [2.24, 2.45) is 11.8 Å². The van der Waals surface area contributed by atoms with E-state index in [-0.39, 0.29) is 17.7 Å². The molecule has 4 heteroatoms. The van der Waals surface area contributed by atoms with Gasteiger partial charge in [0, 0.05) is 0 Å². The zero-order chi connectivity index (χ0) is 13.1. The van der Waals surface area contributed by atoms with E-state index < -0.39 is 5.97 Å². The number of carboxylic acids is 1. The molecular formula is C14H17FO3. The molecule has 1 saturated carbocycles. The second-order valence-corrected chi connectivity index (χ2v) is 4.66. The van der Waals surface area contributed by atoms with E-state index in [1.165, 1.54) is 12.1 Å². The average Bonchev–Trinajstić information content (AvgIpc) is 3.09. The molecule has 2 atom stereocenters. The lowest BCUT2D eigenvalue weighted by Crippen LogP contribution is -2.01. The number of benzene rings is 1. The zero-order valence-corrected chi connectivity index (χ0v) is 10.4. The van der Waals surface area contributed by atoms with E-state index in [1.54, 1.807) is 6.07 Å². The molecule has 0 radical (unpaired) electrons. The molecule has 1 aliphatic carbocycles. The van der Waals surface area contributed by atoms with Gasteiger partial charge >= 0.3 is 5.97 Å². The van der Waals surface area contributed by atoms with Crippen molar-refractivity contribution in [2.75, 3.05) is 6.61 Å². The number of carboxylic acid groups (broad SMARTS) is 1. The minimum atomic E-state index is -0.718. The van der Waals surface area contributed by atoms with E-state index in [4.69, 9.17) is 9.84 Å². The average molecular weight is 252 g/mol. The van der Waals surface area contributed by atoms with Gasteiger partial charge in [0.2, 0.25) is 0 Å². The minimum absolute atomic E-state index is 0.200. The molecule has 0 aliphatic heterocycles. The van der Waals surface area contributed by atoms with Crippen molar-refractivity contribution in [1.82, 2.24) is 0 Å². The molecule has 18 heavy (non-hydrogen) atoms. The van der Waals surface area contributed by atoms with Crippen LogP contribution in [0.4, 0.5) is 4.39 Å². The monoisotopic (exact) mass is 252 g/mol. The van der Waals surface area contributed by atoms with Crippen LogP contribution in [0.15, 0.2) is 18.2 Å². The van der Waals surface area contributed by atoms with Crippen molar-refractivity contribution in [1.29, 1.82) is 0 Å². The van der Waals surface area contributed by atoms with Crippen LogP contribution in [0.1, 0.15) is 25.3 Å². The van der Waals surface area contributed by atoms with Gasteiger partial charge in [-0.1, -0.05) is 0 Å². The summed E-state index contributed by atoms with van der Waals surface area (Å²) in [5.74, 6) is -0.260. The highest BCUT2D eigenvalue weighted by molar-refractivity contribution is 5.73. The highest BCUT2D eigenvalue weighted by Gasteiger charge is 2.42. The van der Waals surface area contributed by atoms with Crippen molar-refractivity contribution in [2.45, 2.75) is 26.2 Å². The van der Waals surface area contributed by atoms with Crippen molar-refractivity contribution < 1.29 is 19.0 Å². The Kier molecular flexibility index (Phi) is 3.84. The van der Waals surface area contributed by atoms with Crippen molar-refractivity contribution >= 4 is 5.97 Å². The largest absolute Gasteiger partial charge is 0.494 e. The van der Waals surface area contributed by atoms with Crippen LogP contribution in [0, 0.1) is 17.7 Å². The fourth-order valence-corrected chi connectivity index (χ4v) is 2.25. The first kappa shape index (κ1) is 12.9. The summed E-state index contributed by atoms with van der Waals surface area (Å²) in [7, 11) is 0. The fraction of sp³-hybridized carbons (Fsp3) is 0.500. The zero-order valence-electron chi connectivity index (χ0n) is 10.4. The lowest BCUT2D eigenvalue weighted by molar-refractivity contribution is -0.138. The van der Waals surface area contributed by atoms with Gasteiger partial charge in [0.15, 0.2) is 0 Å². The molecule has 0 saturated heterocycles. The lowest BCUT2D eigenvalue weighted by atomic mass is 10.1. The molecule has 98 valence electrons. The van der Waals surface area contributed by atoms with Gasteiger partial charge in [-0.05, 0) is 55.9 Å². The van der Waals surface area contributed by atoms with E-state index in [0.29, 0.717) is 18.8 Å². The van der Waals surface area contributed by atoms with Crippen molar-refractivity contribution in [3.05, 3.63) is 29.6 Å². The molecule has 0 amide bonds. The van der Waals surface area contributed by atoms with Crippen molar-refractivity contribution in [3.8, 4) is 5.75 Å². The Morgan fingerprint density at radius 2 is 2.33 bits per heavy atom. The van der Waals surface area contributed by atoms with Crippen LogP contribution in [-0.4, -0.2) is 17.7 Å². The normalized spacial score (nSPS) is 21.7. The van der Waals surface area contributed by atoms with Crippen LogP contribution in [-0.2, 0) is 11.2 Å². The summed E-state index contributed by atoms with van der Waals surface area (Å²) < 4.78 is 18.6. The van der Waals surface area contributed by atoms with Crippen LogP contribution in [0.5, 0.6) is 5.75 Å². The molecule has 2 rings (SSSR count). The summed E-state index contributed by atoms with van der Waals surface area (Å²) >= 11 is 0. The third-order valence-corrected chi connectivity index (χ3v) is 3.35. The Morgan fingerprint density at radius 3 is 2.94 bits per heavy atom. The number of aliphatic carboxylic acids is 1. The maximum atomic E-state index is 13.2. The molecule has 1 aliphatic rings. The summed E-state index contributed by atoms with van der Waals surface area (Å²) in [6, 6.07) is 4.49. The molecule has 0 heterocycles. The quantitative estimate of drug-likeness (QED) is 0.846. The Morgan fingerprint density at radius 1 is 1.56 bits per heavy atom. The second-order valence-electron chi connectivity index (χ2n) is 4.66. The minimum Gasteiger partial charge on any atom is -0.494 e. The predicted octanol–water partition coefficient (Wildman–Crippen LogP) is 2.88. The van der Waals surface area contributed by atoms with Crippen LogP contribution in [0.3, 0.4) is 0 Å². The number of carbonyl (C=O) groups is 1. The summed E-state index contributed by atoms with van der Waals surface area (Å²) in [5.41, 5.74) is 0.827. The molecule has 1 aromatic rings. The molecule has 0 aromatic heterocycles. The Balaban J connectivity index is 1.96. The molecule has 0 bridgehead atoms. The van der Waals surface area contributed by atoms with E-state index in [1.807, 2.05) is 6.92 Å². The molecule has 2 unspecified atom stereocenters. The van der Waals surface area contributed by atoms with Crippen LogP contribution < -0.4 is 4.74 Å². The molecular weight excluding hydrogens is 235 g/mol. The number of ether oxygens (including phenoxy) is 1. The van der Waals surface area contributed by atoms with Gasteiger partial charge in [0.05, 0.1) is 12.5 Å². The molecule has 1 N–H and O–H groups in total. The lowest BCUT2D eigenvalue weighted by Gasteiger charge is -2.10. The first-order chi connectivity index (χ1) is 8.61. The summed E-state index contributed by atoms with van der Waals surface area (Å²) in [6.45, 7) is 2.42. The maximum absolute atomic E-state index is 13.2. The van der Waals surface area contributed by atoms with E-state index >= 15 is 0 Å². The summed E-state index contributed by atoms with van der Waals surface area (Å²) in [6.07, 6.45) is 2.19. The van der Waals surface area contributed by atoms with Crippen molar-refractivity contribution in [3.63, 3.8) is 0 Å². The Labute approximate surface area is 106 Å². The third-order valence-electron chi connectivity index (χ3n) is 3.35. The first-order valence-corrected chi connectivity index (χ1v) is 6.25. The topological polar surface area (TPSA) is 46.5 Å². The predicted molar refractivity (Wildman–Crippen MR) is 65.1 cm³/mol. The molecule has 3 nitrogen and oxygen atoms in total. The van der Waals surface area contributed by atoms with Gasteiger partial charge in [-0.25, -0.2) is 4.39 Å². The van der Waals surface area contributed by atoms with Crippen LogP contribution in [0.25, 0.3) is 0 Å². The third kappa shape index (κ3) is 3.00. The number of hydrogen-bond acceptors (Lipinski definition) is 2. The number of rotatable bonds is 6.